The van der Waals surface area contributed by atoms with Crippen LogP contribution >= 0.6 is 0 Å². The molecule has 6 nitrogen and oxygen atoms in total. The first-order chi connectivity index (χ1) is 10.7. The Hall–Kier alpha value is -2.08. The molecule has 1 atom stereocenters. The van der Waals surface area contributed by atoms with Crippen molar-refractivity contribution in [3.8, 4) is 5.75 Å². The van der Waals surface area contributed by atoms with Crippen LogP contribution in [0.25, 0.3) is 0 Å². The number of nitrogens with zero attached hydrogens (tertiary/aromatic N) is 2. The smallest absolute Gasteiger partial charge is 0.323 e. The highest BCUT2D eigenvalue weighted by Crippen LogP contribution is 2.19. The first-order valence-electron chi connectivity index (χ1n) is 7.49. The maximum absolute atomic E-state index is 12.3. The lowest BCUT2D eigenvalue weighted by molar-refractivity contribution is -0.146. The lowest BCUT2D eigenvalue weighted by Crippen LogP contribution is -2.54. The molecule has 2 aliphatic heterocycles. The Balaban J connectivity index is 1.60. The predicted octanol–water partition coefficient (Wildman–Crippen LogP) is 0.655. The number of methoxy groups -OCH3 is 1. The Morgan fingerprint density at radius 2 is 2.18 bits per heavy atom. The van der Waals surface area contributed by atoms with Crippen molar-refractivity contribution in [3.63, 3.8) is 0 Å². The van der Waals surface area contributed by atoms with E-state index in [1.807, 2.05) is 34.1 Å². The molecule has 2 saturated heterocycles. The number of cyclic esters (lactones) is 1. The number of piperazine rings is 1. The molecule has 2 heterocycles. The molecule has 1 amide bonds. The summed E-state index contributed by atoms with van der Waals surface area (Å²) in [6, 6.07) is 7.48. The zero-order valence-electron chi connectivity index (χ0n) is 12.7. The number of hydrogen-bond acceptors (Lipinski definition) is 5. The number of esters is 1. The molecule has 22 heavy (non-hydrogen) atoms. The lowest BCUT2D eigenvalue weighted by Gasteiger charge is -2.36. The Bertz CT molecular complexity index is 575. The van der Waals surface area contributed by atoms with E-state index in [2.05, 4.69) is 0 Å². The molecule has 0 radical (unpaired) electrons. The standard InChI is InChI=1S/C16H20N2O4/c1-21-13-4-2-3-12(9-13)10-18-7-6-17(11-15(18)19)14-5-8-22-16(14)20/h2-4,9,14H,5-8,10-11H2,1H3. The summed E-state index contributed by atoms with van der Waals surface area (Å²) in [5.41, 5.74) is 1.04. The number of carbonyl (C=O) groups is 2. The van der Waals surface area contributed by atoms with Crippen molar-refractivity contribution in [1.82, 2.24) is 9.80 Å². The zero-order valence-corrected chi connectivity index (χ0v) is 12.7. The Kier molecular flexibility index (Phi) is 4.29. The molecular weight excluding hydrogens is 284 g/mol. The summed E-state index contributed by atoms with van der Waals surface area (Å²) in [5, 5.41) is 0. The summed E-state index contributed by atoms with van der Waals surface area (Å²) < 4.78 is 10.2. The molecule has 2 fully saturated rings. The number of amides is 1. The molecule has 0 aromatic heterocycles. The molecule has 118 valence electrons. The fraction of sp³-hybridized carbons (Fsp3) is 0.500. The largest absolute Gasteiger partial charge is 0.497 e. The van der Waals surface area contributed by atoms with E-state index in [4.69, 9.17) is 9.47 Å². The minimum Gasteiger partial charge on any atom is -0.497 e. The van der Waals surface area contributed by atoms with Crippen molar-refractivity contribution in [2.24, 2.45) is 0 Å². The average molecular weight is 304 g/mol. The van der Waals surface area contributed by atoms with E-state index >= 15 is 0 Å². The van der Waals surface area contributed by atoms with Gasteiger partial charge in [-0.05, 0) is 17.7 Å². The molecule has 1 unspecified atom stereocenters. The molecule has 0 N–H and O–H groups in total. The fourth-order valence-electron chi connectivity index (χ4n) is 2.97. The molecule has 0 bridgehead atoms. The van der Waals surface area contributed by atoms with Gasteiger partial charge >= 0.3 is 5.97 Å². The van der Waals surface area contributed by atoms with Crippen LogP contribution in [0.5, 0.6) is 5.75 Å². The van der Waals surface area contributed by atoms with E-state index in [0.29, 0.717) is 32.7 Å². The first-order valence-corrected chi connectivity index (χ1v) is 7.49. The molecule has 2 aliphatic rings. The number of hydrogen-bond donors (Lipinski definition) is 0. The highest BCUT2D eigenvalue weighted by molar-refractivity contribution is 5.82. The summed E-state index contributed by atoms with van der Waals surface area (Å²) in [4.78, 5) is 27.7. The summed E-state index contributed by atoms with van der Waals surface area (Å²) >= 11 is 0. The van der Waals surface area contributed by atoms with Gasteiger partial charge in [0.2, 0.25) is 5.91 Å². The minimum atomic E-state index is -0.247. The Labute approximate surface area is 129 Å². The third-order valence-corrected chi connectivity index (χ3v) is 4.20. The SMILES string of the molecule is COc1cccc(CN2CCN(C3CCOC3=O)CC2=O)c1. The van der Waals surface area contributed by atoms with E-state index in [1.54, 1.807) is 7.11 Å². The summed E-state index contributed by atoms with van der Waals surface area (Å²) in [6.07, 6.45) is 0.683. The third-order valence-electron chi connectivity index (χ3n) is 4.20. The Morgan fingerprint density at radius 3 is 2.86 bits per heavy atom. The van der Waals surface area contributed by atoms with Gasteiger partial charge in [0.1, 0.15) is 11.8 Å². The first kappa shape index (κ1) is 14.8. The highest BCUT2D eigenvalue weighted by atomic mass is 16.5. The van der Waals surface area contributed by atoms with Crippen LogP contribution in [-0.2, 0) is 20.9 Å². The molecule has 0 spiro atoms. The summed E-state index contributed by atoms with van der Waals surface area (Å²) in [5.74, 6) is 0.639. The molecule has 0 aliphatic carbocycles. The maximum atomic E-state index is 12.3. The maximum Gasteiger partial charge on any atom is 0.323 e. The molecule has 6 heteroatoms. The second-order valence-corrected chi connectivity index (χ2v) is 5.61. The van der Waals surface area contributed by atoms with Crippen LogP contribution in [0.1, 0.15) is 12.0 Å². The van der Waals surface area contributed by atoms with Crippen molar-refractivity contribution in [3.05, 3.63) is 29.8 Å². The van der Waals surface area contributed by atoms with Crippen LogP contribution in [0, 0.1) is 0 Å². The summed E-state index contributed by atoms with van der Waals surface area (Å²) in [6.45, 7) is 2.64. The predicted molar refractivity (Wildman–Crippen MR) is 79.3 cm³/mol. The van der Waals surface area contributed by atoms with E-state index in [0.717, 1.165) is 11.3 Å². The summed E-state index contributed by atoms with van der Waals surface area (Å²) in [7, 11) is 1.63. The van der Waals surface area contributed by atoms with Gasteiger partial charge in [-0.3, -0.25) is 14.5 Å². The van der Waals surface area contributed by atoms with Gasteiger partial charge < -0.3 is 14.4 Å². The van der Waals surface area contributed by atoms with Crippen molar-refractivity contribution in [2.45, 2.75) is 19.0 Å². The topological polar surface area (TPSA) is 59.1 Å². The quantitative estimate of drug-likeness (QED) is 0.765. The Morgan fingerprint density at radius 1 is 1.32 bits per heavy atom. The third kappa shape index (κ3) is 3.06. The monoisotopic (exact) mass is 304 g/mol. The molecule has 1 aromatic carbocycles. The van der Waals surface area contributed by atoms with E-state index in [9.17, 15) is 9.59 Å². The van der Waals surface area contributed by atoms with Crippen LogP contribution in [0.3, 0.4) is 0 Å². The average Bonchev–Trinajstić information content (AvgIpc) is 2.96. The van der Waals surface area contributed by atoms with Crippen LogP contribution in [0.15, 0.2) is 24.3 Å². The normalized spacial score (nSPS) is 22.8. The number of ether oxygens (including phenoxy) is 2. The van der Waals surface area contributed by atoms with E-state index in [-0.39, 0.29) is 24.5 Å². The molecular formula is C16H20N2O4. The number of carbonyl (C=O) groups excluding carboxylic acids is 2. The van der Waals surface area contributed by atoms with Gasteiger partial charge in [-0.15, -0.1) is 0 Å². The molecule has 0 saturated carbocycles. The van der Waals surface area contributed by atoms with Crippen LogP contribution in [0.2, 0.25) is 0 Å². The number of rotatable bonds is 4. The minimum absolute atomic E-state index is 0.0498. The van der Waals surface area contributed by atoms with Gasteiger partial charge in [0.15, 0.2) is 0 Å². The zero-order chi connectivity index (χ0) is 15.5. The molecule has 1 aromatic rings. The van der Waals surface area contributed by atoms with Crippen molar-refractivity contribution in [1.29, 1.82) is 0 Å². The lowest BCUT2D eigenvalue weighted by atomic mass is 10.1. The number of benzene rings is 1. The van der Waals surface area contributed by atoms with Crippen molar-refractivity contribution in [2.75, 3.05) is 33.4 Å². The van der Waals surface area contributed by atoms with Gasteiger partial charge in [0.25, 0.3) is 0 Å². The second-order valence-electron chi connectivity index (χ2n) is 5.61. The van der Waals surface area contributed by atoms with Gasteiger partial charge in [0, 0.05) is 26.1 Å². The van der Waals surface area contributed by atoms with Gasteiger partial charge in [0.05, 0.1) is 20.3 Å². The van der Waals surface area contributed by atoms with E-state index < -0.39 is 0 Å². The van der Waals surface area contributed by atoms with E-state index in [1.165, 1.54) is 0 Å². The van der Waals surface area contributed by atoms with Gasteiger partial charge in [-0.2, -0.15) is 0 Å². The van der Waals surface area contributed by atoms with Crippen LogP contribution in [-0.4, -0.2) is 61.1 Å². The van der Waals surface area contributed by atoms with Gasteiger partial charge in [-0.25, -0.2) is 0 Å². The van der Waals surface area contributed by atoms with Crippen molar-refractivity contribution < 1.29 is 19.1 Å². The second kappa shape index (κ2) is 6.36. The van der Waals surface area contributed by atoms with Crippen molar-refractivity contribution >= 4 is 11.9 Å². The van der Waals surface area contributed by atoms with Crippen LogP contribution < -0.4 is 4.74 Å². The van der Waals surface area contributed by atoms with Crippen LogP contribution in [0.4, 0.5) is 0 Å². The fourth-order valence-corrected chi connectivity index (χ4v) is 2.97. The molecule has 3 rings (SSSR count). The highest BCUT2D eigenvalue weighted by Gasteiger charge is 2.36. The van der Waals surface area contributed by atoms with Gasteiger partial charge in [-0.1, -0.05) is 12.1 Å².